The van der Waals surface area contributed by atoms with E-state index >= 15 is 0 Å². The molecule has 1 unspecified atom stereocenters. The molecule has 32 heavy (non-hydrogen) atoms. The zero-order valence-electron chi connectivity index (χ0n) is 18.0. The van der Waals surface area contributed by atoms with E-state index in [4.69, 9.17) is 9.84 Å². The van der Waals surface area contributed by atoms with E-state index in [1.807, 2.05) is 24.3 Å². The molecule has 3 N–H and O–H groups in total. The summed E-state index contributed by atoms with van der Waals surface area (Å²) in [5.41, 5.74) is 4.62. The zero-order chi connectivity index (χ0) is 22.7. The first-order valence-electron chi connectivity index (χ1n) is 11.0. The van der Waals surface area contributed by atoms with Crippen molar-refractivity contribution in [2.45, 2.75) is 50.6 Å². The number of carboxylic acid groups (broad SMARTS) is 1. The fraction of sp³-hybridized carbons (Fsp3) is 0.400. The molecule has 1 saturated carbocycles. The quantitative estimate of drug-likeness (QED) is 0.556. The van der Waals surface area contributed by atoms with Crippen molar-refractivity contribution in [3.8, 4) is 11.1 Å². The average molecular weight is 437 g/mol. The summed E-state index contributed by atoms with van der Waals surface area (Å²) >= 11 is 0. The number of ether oxygens (including phenoxy) is 1. The van der Waals surface area contributed by atoms with Crippen LogP contribution in [0.25, 0.3) is 11.1 Å². The van der Waals surface area contributed by atoms with Gasteiger partial charge in [-0.2, -0.15) is 0 Å². The predicted octanol–water partition coefficient (Wildman–Crippen LogP) is 3.67. The highest BCUT2D eigenvalue weighted by atomic mass is 16.5. The first-order chi connectivity index (χ1) is 15.4. The van der Waals surface area contributed by atoms with Crippen molar-refractivity contribution in [1.29, 1.82) is 0 Å². The predicted molar refractivity (Wildman–Crippen MR) is 119 cm³/mol. The van der Waals surface area contributed by atoms with Crippen LogP contribution in [0.5, 0.6) is 0 Å². The monoisotopic (exact) mass is 436 g/mol. The van der Waals surface area contributed by atoms with Crippen molar-refractivity contribution in [3.05, 3.63) is 59.7 Å². The van der Waals surface area contributed by atoms with Gasteiger partial charge in [-0.25, -0.2) is 4.79 Å². The Morgan fingerprint density at radius 3 is 2.12 bits per heavy atom. The second-order valence-electron chi connectivity index (χ2n) is 8.68. The lowest BCUT2D eigenvalue weighted by Crippen LogP contribution is -2.43. The standard InChI is InChI=1S/C25H28N2O5/c1-15(12-24(29)30)26-23(28)13-22(16-10-11-16)27-25(31)32-14-21-19-8-4-2-6-17(19)18-7-3-5-9-20(18)21/h2-9,15-16,21-22H,10-14H2,1H3,(H,26,28)(H,27,31)(H,29,30)/t15-,22?/m0/s1. The van der Waals surface area contributed by atoms with E-state index in [0.29, 0.717) is 0 Å². The number of amides is 2. The largest absolute Gasteiger partial charge is 0.481 e. The fourth-order valence-corrected chi connectivity index (χ4v) is 4.47. The van der Waals surface area contributed by atoms with Crippen molar-refractivity contribution < 1.29 is 24.2 Å². The minimum Gasteiger partial charge on any atom is -0.481 e. The Hall–Kier alpha value is -3.35. The summed E-state index contributed by atoms with van der Waals surface area (Å²) in [4.78, 5) is 35.7. The van der Waals surface area contributed by atoms with Gasteiger partial charge < -0.3 is 20.5 Å². The van der Waals surface area contributed by atoms with E-state index in [0.717, 1.165) is 24.0 Å². The maximum absolute atomic E-state index is 12.6. The molecule has 1 fully saturated rings. The Morgan fingerprint density at radius 2 is 1.56 bits per heavy atom. The molecule has 2 amide bonds. The Labute approximate surface area is 187 Å². The van der Waals surface area contributed by atoms with Gasteiger partial charge in [-0.15, -0.1) is 0 Å². The van der Waals surface area contributed by atoms with Gasteiger partial charge in [0.2, 0.25) is 5.91 Å². The van der Waals surface area contributed by atoms with Crippen LogP contribution < -0.4 is 10.6 Å². The third-order valence-electron chi connectivity index (χ3n) is 6.13. The number of hydrogen-bond acceptors (Lipinski definition) is 4. The molecule has 4 rings (SSSR count). The number of carbonyl (C=O) groups is 3. The van der Waals surface area contributed by atoms with E-state index in [9.17, 15) is 14.4 Å². The van der Waals surface area contributed by atoms with Gasteiger partial charge in [0.25, 0.3) is 0 Å². The average Bonchev–Trinajstić information content (AvgIpc) is 3.54. The van der Waals surface area contributed by atoms with Gasteiger partial charge in [-0.05, 0) is 47.9 Å². The summed E-state index contributed by atoms with van der Waals surface area (Å²) in [6.07, 6.45) is 1.34. The molecule has 2 aromatic carbocycles. The van der Waals surface area contributed by atoms with Gasteiger partial charge in [-0.1, -0.05) is 48.5 Å². The zero-order valence-corrected chi connectivity index (χ0v) is 18.0. The molecule has 0 heterocycles. The molecule has 2 aromatic rings. The minimum absolute atomic E-state index is 0.0207. The lowest BCUT2D eigenvalue weighted by molar-refractivity contribution is -0.137. The summed E-state index contributed by atoms with van der Waals surface area (Å²) in [5, 5.41) is 14.4. The second-order valence-corrected chi connectivity index (χ2v) is 8.68. The molecule has 168 valence electrons. The maximum atomic E-state index is 12.6. The Morgan fingerprint density at radius 1 is 0.969 bits per heavy atom. The number of aliphatic carboxylic acids is 1. The highest BCUT2D eigenvalue weighted by Crippen LogP contribution is 2.44. The number of fused-ring (bicyclic) bond motifs is 3. The number of carbonyl (C=O) groups excluding carboxylic acids is 2. The van der Waals surface area contributed by atoms with E-state index in [2.05, 4.69) is 34.9 Å². The molecule has 0 saturated heterocycles. The van der Waals surface area contributed by atoms with E-state index < -0.39 is 18.1 Å². The maximum Gasteiger partial charge on any atom is 0.407 e. The van der Waals surface area contributed by atoms with Crippen LogP contribution in [0.15, 0.2) is 48.5 Å². The summed E-state index contributed by atoms with van der Waals surface area (Å²) in [6.45, 7) is 1.87. The number of nitrogens with one attached hydrogen (secondary N) is 2. The molecule has 0 spiro atoms. The van der Waals surface area contributed by atoms with Crippen LogP contribution in [0, 0.1) is 5.92 Å². The van der Waals surface area contributed by atoms with Gasteiger partial charge in [0, 0.05) is 24.4 Å². The van der Waals surface area contributed by atoms with E-state index in [-0.39, 0.29) is 43.2 Å². The molecule has 0 aromatic heterocycles. The van der Waals surface area contributed by atoms with E-state index in [1.54, 1.807) is 6.92 Å². The summed E-state index contributed by atoms with van der Waals surface area (Å²) in [7, 11) is 0. The second kappa shape index (κ2) is 9.42. The van der Waals surface area contributed by atoms with Crippen LogP contribution in [0.4, 0.5) is 4.79 Å². The molecular weight excluding hydrogens is 408 g/mol. The van der Waals surface area contributed by atoms with Gasteiger partial charge in [0.05, 0.1) is 6.42 Å². The fourth-order valence-electron chi connectivity index (χ4n) is 4.47. The normalized spacial score (nSPS) is 16.4. The summed E-state index contributed by atoms with van der Waals surface area (Å²) in [6, 6.07) is 15.5. The van der Waals surface area contributed by atoms with Crippen LogP contribution in [0.2, 0.25) is 0 Å². The van der Waals surface area contributed by atoms with Gasteiger partial charge >= 0.3 is 12.1 Å². The molecule has 0 bridgehead atoms. The highest BCUT2D eigenvalue weighted by molar-refractivity contribution is 5.80. The topological polar surface area (TPSA) is 105 Å². The molecular formula is C25H28N2O5. The Balaban J connectivity index is 1.34. The van der Waals surface area contributed by atoms with E-state index in [1.165, 1.54) is 11.1 Å². The molecule has 2 aliphatic carbocycles. The third kappa shape index (κ3) is 5.10. The van der Waals surface area contributed by atoms with Gasteiger partial charge in [-0.3, -0.25) is 9.59 Å². The van der Waals surface area contributed by atoms with Crippen molar-refractivity contribution in [1.82, 2.24) is 10.6 Å². The first-order valence-corrected chi connectivity index (χ1v) is 11.0. The number of alkyl carbamates (subject to hydrolysis) is 1. The van der Waals surface area contributed by atoms with Crippen molar-refractivity contribution in [3.63, 3.8) is 0 Å². The highest BCUT2D eigenvalue weighted by Gasteiger charge is 2.35. The SMILES string of the molecule is C[C@@H](CC(=O)O)NC(=O)CC(NC(=O)OCC1c2ccccc2-c2ccccc21)C1CC1. The molecule has 0 aliphatic heterocycles. The Kier molecular flexibility index (Phi) is 6.44. The number of rotatable bonds is 9. The van der Waals surface area contributed by atoms with Crippen LogP contribution in [-0.4, -0.2) is 41.8 Å². The lowest BCUT2D eigenvalue weighted by Gasteiger charge is -2.20. The number of hydrogen-bond donors (Lipinski definition) is 3. The molecule has 7 nitrogen and oxygen atoms in total. The van der Waals surface area contributed by atoms with Crippen LogP contribution in [-0.2, 0) is 14.3 Å². The van der Waals surface area contributed by atoms with Crippen LogP contribution in [0.3, 0.4) is 0 Å². The van der Waals surface area contributed by atoms with Crippen molar-refractivity contribution >= 4 is 18.0 Å². The molecule has 2 atom stereocenters. The van der Waals surface area contributed by atoms with Crippen molar-refractivity contribution in [2.75, 3.05) is 6.61 Å². The molecule has 2 aliphatic rings. The minimum atomic E-state index is -0.965. The van der Waals surface area contributed by atoms with Crippen LogP contribution >= 0.6 is 0 Å². The Bertz CT molecular complexity index is 971. The summed E-state index contributed by atoms with van der Waals surface area (Å²) in [5.74, 6) is -1.01. The molecule has 7 heteroatoms. The number of carboxylic acids is 1. The van der Waals surface area contributed by atoms with Gasteiger partial charge in [0.1, 0.15) is 6.61 Å². The smallest absolute Gasteiger partial charge is 0.407 e. The third-order valence-corrected chi connectivity index (χ3v) is 6.13. The van der Waals surface area contributed by atoms with Crippen LogP contribution in [0.1, 0.15) is 49.7 Å². The number of benzene rings is 2. The lowest BCUT2D eigenvalue weighted by atomic mass is 9.98. The first kappa shape index (κ1) is 21.9. The van der Waals surface area contributed by atoms with Crippen molar-refractivity contribution in [2.24, 2.45) is 5.92 Å². The van der Waals surface area contributed by atoms with Gasteiger partial charge in [0.15, 0.2) is 0 Å². The summed E-state index contributed by atoms with van der Waals surface area (Å²) < 4.78 is 5.60. The molecule has 0 radical (unpaired) electrons.